The van der Waals surface area contributed by atoms with Crippen LogP contribution in [-0.2, 0) is 17.6 Å². The molecule has 1 aromatic rings. The maximum Gasteiger partial charge on any atom is 0.133 e. The van der Waals surface area contributed by atoms with Crippen molar-refractivity contribution in [3.63, 3.8) is 0 Å². The third kappa shape index (κ3) is 2.31. The van der Waals surface area contributed by atoms with Gasteiger partial charge >= 0.3 is 0 Å². The van der Waals surface area contributed by atoms with Crippen molar-refractivity contribution in [2.75, 3.05) is 25.6 Å². The van der Waals surface area contributed by atoms with Crippen molar-refractivity contribution in [1.29, 1.82) is 0 Å². The van der Waals surface area contributed by atoms with E-state index in [0.717, 1.165) is 30.8 Å². The van der Waals surface area contributed by atoms with E-state index < -0.39 is 0 Å². The van der Waals surface area contributed by atoms with Crippen molar-refractivity contribution in [2.45, 2.75) is 25.3 Å². The molecule has 0 spiro atoms. The summed E-state index contributed by atoms with van der Waals surface area (Å²) in [7, 11) is 1.62. The quantitative estimate of drug-likeness (QED) is 0.755. The van der Waals surface area contributed by atoms with Crippen LogP contribution in [0.2, 0.25) is 0 Å². The summed E-state index contributed by atoms with van der Waals surface area (Å²) in [4.78, 5) is 8.49. The van der Waals surface area contributed by atoms with Gasteiger partial charge in [0.2, 0.25) is 0 Å². The predicted octanol–water partition coefficient (Wildman–Crippen LogP) is 0.384. The first-order chi connectivity index (χ1) is 7.85. The average Bonchev–Trinajstić information content (AvgIpc) is 2.77. The van der Waals surface area contributed by atoms with E-state index >= 15 is 0 Å². The number of rotatable bonds is 5. The van der Waals surface area contributed by atoms with Crippen LogP contribution >= 0.6 is 0 Å². The lowest BCUT2D eigenvalue weighted by atomic mass is 10.2. The van der Waals surface area contributed by atoms with Gasteiger partial charge in [-0.3, -0.25) is 0 Å². The standard InChI is InChI=1S/C11H17N3O2/c1-16-6-8(5-15)14-11-9-3-2-4-10(9)12-7-13-11/h7-8,15H,2-6H2,1H3,(H,12,13,14). The molecule has 0 aliphatic heterocycles. The third-order valence-corrected chi connectivity index (χ3v) is 2.80. The highest BCUT2D eigenvalue weighted by molar-refractivity contribution is 5.48. The Morgan fingerprint density at radius 3 is 3.12 bits per heavy atom. The summed E-state index contributed by atoms with van der Waals surface area (Å²) < 4.78 is 5.02. The molecule has 1 aliphatic carbocycles. The second kappa shape index (κ2) is 5.23. The SMILES string of the molecule is COCC(CO)Nc1ncnc2c1CCC2. The maximum absolute atomic E-state index is 9.18. The summed E-state index contributed by atoms with van der Waals surface area (Å²) in [5.41, 5.74) is 2.32. The molecule has 0 bridgehead atoms. The van der Waals surface area contributed by atoms with Crippen molar-refractivity contribution in [3.05, 3.63) is 17.6 Å². The zero-order chi connectivity index (χ0) is 11.4. The van der Waals surface area contributed by atoms with E-state index in [1.165, 1.54) is 5.56 Å². The number of methoxy groups -OCH3 is 1. The second-order valence-corrected chi connectivity index (χ2v) is 3.98. The molecule has 0 aromatic carbocycles. The Balaban J connectivity index is 2.12. The van der Waals surface area contributed by atoms with Crippen LogP contribution < -0.4 is 5.32 Å². The number of aryl methyl sites for hydroxylation is 1. The van der Waals surface area contributed by atoms with Gasteiger partial charge in [-0.1, -0.05) is 0 Å². The van der Waals surface area contributed by atoms with Gasteiger partial charge in [0.15, 0.2) is 0 Å². The van der Waals surface area contributed by atoms with E-state index in [-0.39, 0.29) is 12.6 Å². The number of aliphatic hydroxyl groups is 1. The first-order valence-corrected chi connectivity index (χ1v) is 5.54. The van der Waals surface area contributed by atoms with Crippen molar-refractivity contribution in [2.24, 2.45) is 0 Å². The number of fused-ring (bicyclic) bond motifs is 1. The Morgan fingerprint density at radius 1 is 1.50 bits per heavy atom. The van der Waals surface area contributed by atoms with E-state index in [1.54, 1.807) is 13.4 Å². The van der Waals surface area contributed by atoms with Crippen LogP contribution in [0.25, 0.3) is 0 Å². The zero-order valence-corrected chi connectivity index (χ0v) is 9.44. The number of hydrogen-bond acceptors (Lipinski definition) is 5. The molecule has 1 heterocycles. The van der Waals surface area contributed by atoms with Crippen LogP contribution in [0.1, 0.15) is 17.7 Å². The molecule has 16 heavy (non-hydrogen) atoms. The van der Waals surface area contributed by atoms with E-state index in [2.05, 4.69) is 15.3 Å². The van der Waals surface area contributed by atoms with Gasteiger partial charge in [-0.15, -0.1) is 0 Å². The lowest BCUT2D eigenvalue weighted by molar-refractivity contribution is 0.153. The molecule has 5 nitrogen and oxygen atoms in total. The topological polar surface area (TPSA) is 67.3 Å². The number of ether oxygens (including phenoxy) is 1. The Hall–Kier alpha value is -1.20. The molecule has 1 unspecified atom stereocenters. The maximum atomic E-state index is 9.18. The smallest absolute Gasteiger partial charge is 0.133 e. The Morgan fingerprint density at radius 2 is 2.38 bits per heavy atom. The van der Waals surface area contributed by atoms with Gasteiger partial charge < -0.3 is 15.2 Å². The molecule has 0 saturated carbocycles. The molecule has 0 amide bonds. The Kier molecular flexibility index (Phi) is 3.69. The summed E-state index contributed by atoms with van der Waals surface area (Å²) >= 11 is 0. The van der Waals surface area contributed by atoms with Crippen LogP contribution in [0.4, 0.5) is 5.82 Å². The van der Waals surface area contributed by atoms with Gasteiger partial charge in [-0.2, -0.15) is 0 Å². The number of aliphatic hydroxyl groups excluding tert-OH is 1. The monoisotopic (exact) mass is 223 g/mol. The van der Waals surface area contributed by atoms with Crippen LogP contribution in [0, 0.1) is 0 Å². The van der Waals surface area contributed by atoms with E-state index in [0.29, 0.717) is 6.61 Å². The summed E-state index contributed by atoms with van der Waals surface area (Å²) in [6.45, 7) is 0.502. The Bertz CT molecular complexity index is 357. The van der Waals surface area contributed by atoms with Gasteiger partial charge in [0.05, 0.1) is 19.3 Å². The normalized spacial score (nSPS) is 15.9. The molecular weight excluding hydrogens is 206 g/mol. The molecule has 2 rings (SSSR count). The highest BCUT2D eigenvalue weighted by atomic mass is 16.5. The molecule has 5 heteroatoms. The lowest BCUT2D eigenvalue weighted by Gasteiger charge is -2.17. The van der Waals surface area contributed by atoms with Crippen molar-refractivity contribution in [3.8, 4) is 0 Å². The number of nitrogens with one attached hydrogen (secondary N) is 1. The number of hydrogen-bond donors (Lipinski definition) is 2. The first-order valence-electron chi connectivity index (χ1n) is 5.54. The number of anilines is 1. The Labute approximate surface area is 94.9 Å². The average molecular weight is 223 g/mol. The highest BCUT2D eigenvalue weighted by Gasteiger charge is 2.18. The minimum Gasteiger partial charge on any atom is -0.394 e. The zero-order valence-electron chi connectivity index (χ0n) is 9.44. The molecule has 0 saturated heterocycles. The summed E-state index contributed by atoms with van der Waals surface area (Å²) in [5.74, 6) is 0.846. The van der Waals surface area contributed by atoms with E-state index in [9.17, 15) is 5.11 Å². The molecule has 1 atom stereocenters. The van der Waals surface area contributed by atoms with Crippen molar-refractivity contribution < 1.29 is 9.84 Å². The highest BCUT2D eigenvalue weighted by Crippen LogP contribution is 2.25. The predicted molar refractivity (Wildman–Crippen MR) is 60.4 cm³/mol. The molecule has 88 valence electrons. The fourth-order valence-corrected chi connectivity index (χ4v) is 2.02. The van der Waals surface area contributed by atoms with Crippen LogP contribution in [0.5, 0.6) is 0 Å². The van der Waals surface area contributed by atoms with Gasteiger partial charge in [-0.25, -0.2) is 9.97 Å². The van der Waals surface area contributed by atoms with Gasteiger partial charge in [0.25, 0.3) is 0 Å². The number of nitrogens with zero attached hydrogens (tertiary/aromatic N) is 2. The first kappa shape index (κ1) is 11.3. The van der Waals surface area contributed by atoms with Gasteiger partial charge in [0.1, 0.15) is 12.1 Å². The van der Waals surface area contributed by atoms with E-state index in [4.69, 9.17) is 4.74 Å². The van der Waals surface area contributed by atoms with Gasteiger partial charge in [-0.05, 0) is 19.3 Å². The second-order valence-electron chi connectivity index (χ2n) is 3.98. The molecule has 0 radical (unpaired) electrons. The fourth-order valence-electron chi connectivity index (χ4n) is 2.02. The molecule has 0 fully saturated rings. The van der Waals surface area contributed by atoms with Crippen LogP contribution in [0.15, 0.2) is 6.33 Å². The summed E-state index contributed by atoms with van der Waals surface area (Å²) in [5, 5.41) is 12.4. The van der Waals surface area contributed by atoms with E-state index in [1.807, 2.05) is 0 Å². The minimum atomic E-state index is -0.107. The summed E-state index contributed by atoms with van der Waals surface area (Å²) in [6.07, 6.45) is 4.76. The summed E-state index contributed by atoms with van der Waals surface area (Å²) in [6, 6.07) is -0.107. The fraction of sp³-hybridized carbons (Fsp3) is 0.636. The minimum absolute atomic E-state index is 0.0343. The van der Waals surface area contributed by atoms with Crippen LogP contribution in [-0.4, -0.2) is 41.4 Å². The van der Waals surface area contributed by atoms with Gasteiger partial charge in [0, 0.05) is 18.4 Å². The van der Waals surface area contributed by atoms with Crippen molar-refractivity contribution >= 4 is 5.82 Å². The number of aromatic nitrogens is 2. The van der Waals surface area contributed by atoms with Crippen LogP contribution in [0.3, 0.4) is 0 Å². The lowest BCUT2D eigenvalue weighted by Crippen LogP contribution is -2.29. The third-order valence-electron chi connectivity index (χ3n) is 2.80. The molecule has 1 aliphatic rings. The molecule has 1 aromatic heterocycles. The molecular formula is C11H17N3O2. The molecule has 2 N–H and O–H groups in total. The van der Waals surface area contributed by atoms with Crippen molar-refractivity contribution in [1.82, 2.24) is 9.97 Å². The largest absolute Gasteiger partial charge is 0.394 e.